The summed E-state index contributed by atoms with van der Waals surface area (Å²) in [6.07, 6.45) is 9.09. The van der Waals surface area contributed by atoms with Crippen LogP contribution in [0.2, 0.25) is 0 Å². The summed E-state index contributed by atoms with van der Waals surface area (Å²) in [5, 5.41) is 5.96. The number of anilines is 3. The van der Waals surface area contributed by atoms with E-state index in [1.165, 1.54) is 27.8 Å². The van der Waals surface area contributed by atoms with Gasteiger partial charge in [-0.1, -0.05) is 86.7 Å². The fourth-order valence-corrected chi connectivity index (χ4v) is 4.97. The Hall–Kier alpha value is -4.24. The minimum Gasteiger partial charge on any atom is -0.453 e. The second kappa shape index (κ2) is 8.46. The minimum atomic E-state index is 0.0397. The lowest BCUT2D eigenvalue weighted by Crippen LogP contribution is -2.09. The highest BCUT2D eigenvalue weighted by atomic mass is 16.5. The number of para-hydroxylation sites is 2. The van der Waals surface area contributed by atoms with E-state index in [0.717, 1.165) is 33.8 Å². The molecule has 0 radical (unpaired) electrons. The molecule has 0 saturated heterocycles. The molecule has 0 aromatic heterocycles. The molecule has 4 aromatic rings. The number of ether oxygens (including phenoxy) is 1. The number of nitrogens with one attached hydrogen (secondary N) is 1. The predicted molar refractivity (Wildman–Crippen MR) is 153 cm³/mol. The van der Waals surface area contributed by atoms with Crippen LogP contribution in [-0.4, -0.2) is 14.1 Å². The Morgan fingerprint density at radius 2 is 1.44 bits per heavy atom. The average Bonchev–Trinajstić information content (AvgIpc) is 2.89. The zero-order chi connectivity index (χ0) is 24.9. The van der Waals surface area contributed by atoms with Gasteiger partial charge in [0.05, 0.1) is 11.4 Å². The molecule has 0 atom stereocenters. The van der Waals surface area contributed by atoms with E-state index in [1.807, 2.05) is 18.2 Å². The topological polar surface area (TPSA) is 24.5 Å². The van der Waals surface area contributed by atoms with Crippen LogP contribution in [0.4, 0.5) is 17.1 Å². The maximum atomic E-state index is 6.46. The first kappa shape index (κ1) is 22.2. The van der Waals surface area contributed by atoms with Crippen LogP contribution in [0.15, 0.2) is 109 Å². The Labute approximate surface area is 213 Å². The third-order valence-corrected chi connectivity index (χ3v) is 6.99. The van der Waals surface area contributed by atoms with E-state index in [4.69, 9.17) is 4.74 Å². The van der Waals surface area contributed by atoms with E-state index >= 15 is 0 Å². The predicted octanol–water partition coefficient (Wildman–Crippen LogP) is 8.71. The monoisotopic (exact) mass is 470 g/mol. The van der Waals surface area contributed by atoms with E-state index in [0.29, 0.717) is 0 Å². The third-order valence-electron chi connectivity index (χ3n) is 6.99. The van der Waals surface area contributed by atoms with E-state index < -0.39 is 0 Å². The molecule has 3 nitrogen and oxygen atoms in total. The standard InChI is InChI=1S/C33H30N2O/c1-33(2)19-17-23(18-20-33)31(22-13-15-24(16-14-22)35(3)4)27-21-30-32(26-10-6-5-9-25(26)27)34-28-11-7-8-12-29(28)36-30/h5-21,34H,1-4H3. The minimum absolute atomic E-state index is 0.0397. The Balaban J connectivity index is 1.61. The van der Waals surface area contributed by atoms with Gasteiger partial charge in [-0.25, -0.2) is 0 Å². The number of fused-ring (bicyclic) bond motifs is 4. The average molecular weight is 471 g/mol. The molecule has 0 saturated carbocycles. The van der Waals surface area contributed by atoms with Crippen molar-refractivity contribution in [1.82, 2.24) is 0 Å². The summed E-state index contributed by atoms with van der Waals surface area (Å²) in [5.41, 5.74) is 7.95. The van der Waals surface area contributed by atoms with Gasteiger partial charge in [0.25, 0.3) is 0 Å². The SMILES string of the molecule is CN(C)c1ccc(C(=C2C=CC(C)(C)C=C2)c2cc3c(c4ccccc24)Nc2ccccc2O3)cc1. The maximum absolute atomic E-state index is 6.46. The van der Waals surface area contributed by atoms with Crippen molar-refractivity contribution in [1.29, 1.82) is 0 Å². The molecule has 1 N–H and O–H groups in total. The summed E-state index contributed by atoms with van der Waals surface area (Å²) in [7, 11) is 4.14. The Morgan fingerprint density at radius 3 is 2.17 bits per heavy atom. The second-order valence-corrected chi connectivity index (χ2v) is 10.3. The molecule has 0 unspecified atom stereocenters. The van der Waals surface area contributed by atoms with Crippen LogP contribution in [0.3, 0.4) is 0 Å². The molecule has 1 aliphatic heterocycles. The van der Waals surface area contributed by atoms with Crippen molar-refractivity contribution in [2.24, 2.45) is 5.41 Å². The second-order valence-electron chi connectivity index (χ2n) is 10.3. The van der Waals surface area contributed by atoms with Crippen molar-refractivity contribution in [2.45, 2.75) is 13.8 Å². The highest BCUT2D eigenvalue weighted by molar-refractivity contribution is 6.08. The molecule has 0 amide bonds. The smallest absolute Gasteiger partial charge is 0.152 e. The van der Waals surface area contributed by atoms with Crippen molar-refractivity contribution in [2.75, 3.05) is 24.3 Å². The molecule has 1 aliphatic carbocycles. The first-order valence-electron chi connectivity index (χ1n) is 12.4. The number of allylic oxidation sites excluding steroid dienone is 5. The number of benzene rings is 4. The molecule has 1 heterocycles. The van der Waals surface area contributed by atoms with Crippen molar-refractivity contribution in [3.05, 3.63) is 120 Å². The van der Waals surface area contributed by atoms with Gasteiger partial charge < -0.3 is 15.0 Å². The number of rotatable bonds is 3. The first-order valence-corrected chi connectivity index (χ1v) is 12.4. The van der Waals surface area contributed by atoms with Crippen LogP contribution in [0.5, 0.6) is 11.5 Å². The van der Waals surface area contributed by atoms with Crippen LogP contribution in [0, 0.1) is 5.41 Å². The Kier molecular flexibility index (Phi) is 5.22. The Bertz CT molecular complexity index is 1550. The van der Waals surface area contributed by atoms with E-state index in [2.05, 4.69) is 123 Å². The summed E-state index contributed by atoms with van der Waals surface area (Å²) in [6, 6.07) is 27.7. The maximum Gasteiger partial charge on any atom is 0.152 e. The number of nitrogens with zero attached hydrogens (tertiary/aromatic N) is 1. The van der Waals surface area contributed by atoms with Crippen molar-refractivity contribution < 1.29 is 4.74 Å². The van der Waals surface area contributed by atoms with Crippen molar-refractivity contribution >= 4 is 33.4 Å². The van der Waals surface area contributed by atoms with Gasteiger partial charge in [0.2, 0.25) is 0 Å². The van der Waals surface area contributed by atoms with E-state index in [-0.39, 0.29) is 5.41 Å². The van der Waals surface area contributed by atoms with Gasteiger partial charge in [0.1, 0.15) is 0 Å². The molecule has 3 heteroatoms. The summed E-state index contributed by atoms with van der Waals surface area (Å²) >= 11 is 0. The number of hydrogen-bond donors (Lipinski definition) is 1. The third kappa shape index (κ3) is 3.87. The van der Waals surface area contributed by atoms with E-state index in [1.54, 1.807) is 0 Å². The molecule has 0 bridgehead atoms. The molecular formula is C33H30N2O. The zero-order valence-corrected chi connectivity index (χ0v) is 21.2. The van der Waals surface area contributed by atoms with Gasteiger partial charge in [-0.3, -0.25) is 0 Å². The number of hydrogen-bond acceptors (Lipinski definition) is 3. The van der Waals surface area contributed by atoms with Gasteiger partial charge in [-0.15, -0.1) is 0 Å². The van der Waals surface area contributed by atoms with Gasteiger partial charge in [0, 0.05) is 30.6 Å². The normalized spacial score (nSPS) is 15.1. The van der Waals surface area contributed by atoms with Crippen LogP contribution < -0.4 is 15.0 Å². The highest BCUT2D eigenvalue weighted by Crippen LogP contribution is 2.48. The van der Waals surface area contributed by atoms with Gasteiger partial charge in [-0.05, 0) is 58.0 Å². The van der Waals surface area contributed by atoms with Gasteiger partial charge >= 0.3 is 0 Å². The highest BCUT2D eigenvalue weighted by Gasteiger charge is 2.24. The summed E-state index contributed by atoms with van der Waals surface area (Å²) in [4.78, 5) is 2.13. The quantitative estimate of drug-likeness (QED) is 0.285. The van der Waals surface area contributed by atoms with Crippen LogP contribution in [-0.2, 0) is 0 Å². The molecule has 6 rings (SSSR count). The Morgan fingerprint density at radius 1 is 0.778 bits per heavy atom. The van der Waals surface area contributed by atoms with Gasteiger partial charge in [-0.2, -0.15) is 0 Å². The fraction of sp³-hybridized carbons (Fsp3) is 0.152. The summed E-state index contributed by atoms with van der Waals surface area (Å²) in [6.45, 7) is 4.46. The fourth-order valence-electron chi connectivity index (χ4n) is 4.97. The van der Waals surface area contributed by atoms with Crippen LogP contribution in [0.25, 0.3) is 16.3 Å². The summed E-state index contributed by atoms with van der Waals surface area (Å²) in [5.74, 6) is 1.68. The van der Waals surface area contributed by atoms with Crippen LogP contribution in [0.1, 0.15) is 25.0 Å². The summed E-state index contributed by atoms with van der Waals surface area (Å²) < 4.78 is 6.46. The zero-order valence-electron chi connectivity index (χ0n) is 21.2. The molecule has 36 heavy (non-hydrogen) atoms. The lowest BCUT2D eigenvalue weighted by molar-refractivity contribution is 0.482. The molecular weight excluding hydrogens is 440 g/mol. The lowest BCUT2D eigenvalue weighted by Gasteiger charge is -2.26. The first-order chi connectivity index (χ1) is 17.4. The molecule has 0 spiro atoms. The van der Waals surface area contributed by atoms with Gasteiger partial charge in [0.15, 0.2) is 11.5 Å². The molecule has 0 fully saturated rings. The van der Waals surface area contributed by atoms with Crippen LogP contribution >= 0.6 is 0 Å². The molecule has 4 aromatic carbocycles. The molecule has 2 aliphatic rings. The van der Waals surface area contributed by atoms with Crippen molar-refractivity contribution in [3.8, 4) is 11.5 Å². The van der Waals surface area contributed by atoms with E-state index in [9.17, 15) is 0 Å². The molecule has 178 valence electrons. The largest absolute Gasteiger partial charge is 0.453 e. The van der Waals surface area contributed by atoms with Crippen molar-refractivity contribution in [3.63, 3.8) is 0 Å². The lowest BCUT2D eigenvalue weighted by atomic mass is 9.82.